The second-order valence-electron chi connectivity index (χ2n) is 4.80. The molecule has 106 valence electrons. The van der Waals surface area contributed by atoms with E-state index in [-0.39, 0.29) is 18.0 Å². The third-order valence-corrected chi connectivity index (χ3v) is 3.59. The van der Waals surface area contributed by atoms with Crippen molar-refractivity contribution in [1.82, 2.24) is 4.90 Å². The van der Waals surface area contributed by atoms with Crippen molar-refractivity contribution in [3.8, 4) is 0 Å². The molecule has 0 spiro atoms. The van der Waals surface area contributed by atoms with Gasteiger partial charge in [0, 0.05) is 39.4 Å². The molecule has 1 saturated heterocycles. The van der Waals surface area contributed by atoms with Crippen molar-refractivity contribution in [1.29, 1.82) is 0 Å². The number of hydrogen-bond acceptors (Lipinski definition) is 4. The van der Waals surface area contributed by atoms with Crippen LogP contribution in [0.1, 0.15) is 11.7 Å². The molecule has 4 nitrogen and oxygen atoms in total. The molecule has 0 radical (unpaired) electrons. The average molecular weight is 269 g/mol. The van der Waals surface area contributed by atoms with E-state index in [4.69, 9.17) is 9.47 Å². The van der Waals surface area contributed by atoms with E-state index >= 15 is 0 Å². The van der Waals surface area contributed by atoms with Crippen LogP contribution in [0, 0.1) is 5.82 Å². The first-order valence-corrected chi connectivity index (χ1v) is 6.36. The molecule has 3 atom stereocenters. The number of nitrogens with zero attached hydrogens (tertiary/aromatic N) is 1. The van der Waals surface area contributed by atoms with Gasteiger partial charge in [0.1, 0.15) is 5.82 Å². The molecule has 19 heavy (non-hydrogen) atoms. The highest BCUT2D eigenvalue weighted by Crippen LogP contribution is 2.22. The number of hydrogen-bond donors (Lipinski definition) is 1. The number of methoxy groups -OCH3 is 2. The highest BCUT2D eigenvalue weighted by molar-refractivity contribution is 5.20. The topological polar surface area (TPSA) is 41.9 Å². The lowest BCUT2D eigenvalue weighted by Crippen LogP contribution is -2.28. The van der Waals surface area contributed by atoms with Crippen LogP contribution in [0.25, 0.3) is 0 Å². The van der Waals surface area contributed by atoms with Gasteiger partial charge in [-0.3, -0.25) is 4.90 Å². The molecule has 1 N–H and O–H groups in total. The number of aliphatic hydroxyl groups is 1. The third kappa shape index (κ3) is 3.30. The van der Waals surface area contributed by atoms with E-state index in [2.05, 4.69) is 0 Å². The Hall–Kier alpha value is -1.01. The third-order valence-electron chi connectivity index (χ3n) is 3.59. The number of likely N-dealkylation sites (tertiary alicyclic amines) is 1. The molecular weight excluding hydrogens is 249 g/mol. The molecule has 1 heterocycles. The summed E-state index contributed by atoms with van der Waals surface area (Å²) in [6.45, 7) is 1.74. The van der Waals surface area contributed by atoms with Gasteiger partial charge in [0.25, 0.3) is 0 Å². The van der Waals surface area contributed by atoms with Crippen LogP contribution in [0.15, 0.2) is 24.3 Å². The van der Waals surface area contributed by atoms with Crippen LogP contribution >= 0.6 is 0 Å². The van der Waals surface area contributed by atoms with Crippen molar-refractivity contribution in [2.45, 2.75) is 18.3 Å². The minimum absolute atomic E-state index is 0.00202. The molecule has 2 rings (SSSR count). The van der Waals surface area contributed by atoms with Crippen molar-refractivity contribution in [3.63, 3.8) is 0 Å². The quantitative estimate of drug-likeness (QED) is 0.872. The maximum absolute atomic E-state index is 13.6. The molecule has 1 aliphatic heterocycles. The van der Waals surface area contributed by atoms with E-state index in [1.807, 2.05) is 4.90 Å². The van der Waals surface area contributed by atoms with Crippen molar-refractivity contribution in [3.05, 3.63) is 35.6 Å². The van der Waals surface area contributed by atoms with E-state index in [1.54, 1.807) is 32.4 Å². The fraction of sp³-hybridized carbons (Fsp3) is 0.571. The smallest absolute Gasteiger partial charge is 0.129 e. The molecule has 0 bridgehead atoms. The van der Waals surface area contributed by atoms with Crippen molar-refractivity contribution < 1.29 is 19.0 Å². The number of ether oxygens (including phenoxy) is 2. The Kier molecular flexibility index (Phi) is 4.87. The molecule has 0 aliphatic carbocycles. The Morgan fingerprint density at radius 1 is 1.26 bits per heavy atom. The van der Waals surface area contributed by atoms with Crippen LogP contribution in [0.4, 0.5) is 4.39 Å². The number of benzene rings is 1. The van der Waals surface area contributed by atoms with Crippen molar-refractivity contribution in [2.75, 3.05) is 33.9 Å². The Morgan fingerprint density at radius 2 is 1.84 bits per heavy atom. The van der Waals surface area contributed by atoms with Gasteiger partial charge >= 0.3 is 0 Å². The number of β-amino-alcohol motifs (C(OH)–C–C–N with tert-alkyl or cyclic N) is 1. The summed E-state index contributed by atoms with van der Waals surface area (Å²) >= 11 is 0. The van der Waals surface area contributed by atoms with Crippen LogP contribution < -0.4 is 0 Å². The average Bonchev–Trinajstić information content (AvgIpc) is 2.81. The monoisotopic (exact) mass is 269 g/mol. The van der Waals surface area contributed by atoms with Crippen molar-refractivity contribution >= 4 is 0 Å². The van der Waals surface area contributed by atoms with Gasteiger partial charge < -0.3 is 14.6 Å². The summed E-state index contributed by atoms with van der Waals surface area (Å²) < 4.78 is 24.2. The van der Waals surface area contributed by atoms with Gasteiger partial charge in [-0.05, 0) is 6.07 Å². The molecular formula is C14H20FNO3. The first-order valence-electron chi connectivity index (χ1n) is 6.36. The van der Waals surface area contributed by atoms with Gasteiger partial charge in [0.05, 0.1) is 18.3 Å². The van der Waals surface area contributed by atoms with Gasteiger partial charge in [-0.15, -0.1) is 0 Å². The molecule has 1 fully saturated rings. The fourth-order valence-corrected chi connectivity index (χ4v) is 2.51. The maximum Gasteiger partial charge on any atom is 0.129 e. The van der Waals surface area contributed by atoms with E-state index in [0.717, 1.165) is 0 Å². The zero-order valence-electron chi connectivity index (χ0n) is 11.3. The molecule has 1 aromatic carbocycles. The second kappa shape index (κ2) is 6.43. The lowest BCUT2D eigenvalue weighted by Gasteiger charge is -2.20. The number of rotatable bonds is 5. The summed E-state index contributed by atoms with van der Waals surface area (Å²) in [5, 5.41) is 10.1. The Labute approximate surface area is 112 Å². The van der Waals surface area contributed by atoms with E-state index in [1.165, 1.54) is 6.07 Å². The van der Waals surface area contributed by atoms with Crippen LogP contribution in [0.2, 0.25) is 0 Å². The zero-order chi connectivity index (χ0) is 13.8. The molecule has 1 aliphatic rings. The minimum atomic E-state index is -0.839. The minimum Gasteiger partial charge on any atom is -0.387 e. The molecule has 0 aromatic heterocycles. The summed E-state index contributed by atoms with van der Waals surface area (Å²) in [5.74, 6) is -0.374. The van der Waals surface area contributed by atoms with Crippen molar-refractivity contribution in [2.24, 2.45) is 0 Å². The van der Waals surface area contributed by atoms with Crippen LogP contribution in [-0.4, -0.2) is 56.1 Å². The van der Waals surface area contributed by atoms with Gasteiger partial charge in [-0.2, -0.15) is 0 Å². The summed E-state index contributed by atoms with van der Waals surface area (Å²) in [6.07, 6.45) is -0.843. The lowest BCUT2D eigenvalue weighted by molar-refractivity contribution is -0.00461. The Balaban J connectivity index is 1.97. The van der Waals surface area contributed by atoms with E-state index in [0.29, 0.717) is 25.2 Å². The van der Waals surface area contributed by atoms with Gasteiger partial charge in [0.2, 0.25) is 0 Å². The standard InChI is InChI=1S/C14H20FNO3/c1-18-13-8-16(9-14(13)19-2)7-12(17)10-5-3-4-6-11(10)15/h3-6,12-14,17H,7-9H2,1-2H3. The number of halogens is 1. The van der Waals surface area contributed by atoms with Gasteiger partial charge in [0.15, 0.2) is 0 Å². The highest BCUT2D eigenvalue weighted by Gasteiger charge is 2.34. The Bertz CT molecular complexity index is 403. The van der Waals surface area contributed by atoms with Gasteiger partial charge in [-0.25, -0.2) is 4.39 Å². The molecule has 1 aromatic rings. The first kappa shape index (κ1) is 14.4. The highest BCUT2D eigenvalue weighted by atomic mass is 19.1. The summed E-state index contributed by atoms with van der Waals surface area (Å²) in [4.78, 5) is 2.03. The summed E-state index contributed by atoms with van der Waals surface area (Å²) in [6, 6.07) is 6.31. The van der Waals surface area contributed by atoms with Crippen LogP contribution in [0.5, 0.6) is 0 Å². The fourth-order valence-electron chi connectivity index (χ4n) is 2.51. The molecule has 3 unspecified atom stereocenters. The van der Waals surface area contributed by atoms with Crippen LogP contribution in [-0.2, 0) is 9.47 Å². The van der Waals surface area contributed by atoms with Crippen LogP contribution in [0.3, 0.4) is 0 Å². The number of aliphatic hydroxyl groups excluding tert-OH is 1. The zero-order valence-corrected chi connectivity index (χ0v) is 11.3. The molecule has 0 amide bonds. The largest absolute Gasteiger partial charge is 0.387 e. The molecule has 0 saturated carbocycles. The lowest BCUT2D eigenvalue weighted by atomic mass is 10.1. The normalized spacial score (nSPS) is 25.7. The molecule has 5 heteroatoms. The van der Waals surface area contributed by atoms with E-state index in [9.17, 15) is 9.50 Å². The summed E-state index contributed by atoms with van der Waals surface area (Å²) in [5.41, 5.74) is 0.331. The van der Waals surface area contributed by atoms with E-state index < -0.39 is 6.10 Å². The predicted molar refractivity (Wildman–Crippen MR) is 69.4 cm³/mol. The summed E-state index contributed by atoms with van der Waals surface area (Å²) in [7, 11) is 3.29. The maximum atomic E-state index is 13.6. The Morgan fingerprint density at radius 3 is 2.37 bits per heavy atom. The first-order chi connectivity index (χ1) is 9.15. The SMILES string of the molecule is COC1CN(CC(O)c2ccccc2F)CC1OC. The predicted octanol–water partition coefficient (Wildman–Crippen LogP) is 1.20. The second-order valence-corrected chi connectivity index (χ2v) is 4.80. The van der Waals surface area contributed by atoms with Gasteiger partial charge in [-0.1, -0.05) is 18.2 Å².